The molecule has 0 N–H and O–H groups in total. The monoisotopic (exact) mass is 501 g/mol. The van der Waals surface area contributed by atoms with E-state index < -0.39 is 0 Å². The van der Waals surface area contributed by atoms with Crippen molar-refractivity contribution in [2.75, 3.05) is 32.3 Å². The molecule has 0 atom stereocenters. The molecule has 182 valence electrons. The second kappa shape index (κ2) is 9.79. The van der Waals surface area contributed by atoms with E-state index in [1.165, 1.54) is 12.0 Å². The number of thiazole rings is 1. The molecule has 0 spiro atoms. The predicted molar refractivity (Wildman–Crippen MR) is 137 cm³/mol. The second-order valence-corrected chi connectivity index (χ2v) is 9.28. The summed E-state index contributed by atoms with van der Waals surface area (Å²) < 4.78 is 16.3. The minimum absolute atomic E-state index is 0.140. The average Bonchev–Trinajstić information content (AvgIpc) is 3.31. The van der Waals surface area contributed by atoms with E-state index in [1.54, 1.807) is 42.8 Å². The van der Waals surface area contributed by atoms with Crippen LogP contribution in [0.4, 0.5) is 5.69 Å². The van der Waals surface area contributed by atoms with Gasteiger partial charge in [-0.05, 0) is 49.4 Å². The van der Waals surface area contributed by atoms with E-state index in [2.05, 4.69) is 4.98 Å². The molecular formula is C27H23N3O5S. The minimum atomic E-state index is -0.301. The number of carbonyl (C=O) groups excluding carboxylic acids is 2. The Morgan fingerprint density at radius 3 is 2.72 bits per heavy atom. The van der Waals surface area contributed by atoms with Crippen molar-refractivity contribution in [1.82, 2.24) is 9.97 Å². The van der Waals surface area contributed by atoms with Gasteiger partial charge in [0.2, 0.25) is 0 Å². The number of hydrogen-bond donors (Lipinski definition) is 0. The van der Waals surface area contributed by atoms with Crippen LogP contribution in [-0.2, 0) is 4.79 Å². The molecule has 1 amide bonds. The molecule has 3 heterocycles. The van der Waals surface area contributed by atoms with E-state index >= 15 is 0 Å². The lowest BCUT2D eigenvalue weighted by molar-refractivity contribution is -0.121. The number of carbonyl (C=O) groups is 2. The van der Waals surface area contributed by atoms with Crippen molar-refractivity contribution in [3.8, 4) is 39.2 Å². The van der Waals surface area contributed by atoms with Crippen LogP contribution >= 0.6 is 11.3 Å². The van der Waals surface area contributed by atoms with Gasteiger partial charge < -0.3 is 14.2 Å². The largest absolute Gasteiger partial charge is 0.497 e. The summed E-state index contributed by atoms with van der Waals surface area (Å²) in [6.07, 6.45) is 1.74. The molecule has 1 aliphatic heterocycles. The molecule has 0 unspecified atom stereocenters. The van der Waals surface area contributed by atoms with Gasteiger partial charge in [0.05, 0.1) is 43.4 Å². The number of rotatable bonds is 7. The van der Waals surface area contributed by atoms with Gasteiger partial charge in [0.1, 0.15) is 22.3 Å². The summed E-state index contributed by atoms with van der Waals surface area (Å²) >= 11 is 1.55. The normalized spacial score (nSPS) is 12.6. The van der Waals surface area contributed by atoms with Crippen LogP contribution in [0.25, 0.3) is 22.0 Å². The van der Waals surface area contributed by atoms with Crippen LogP contribution in [0.2, 0.25) is 0 Å². The van der Waals surface area contributed by atoms with E-state index in [1.807, 2.05) is 43.3 Å². The molecule has 4 aromatic rings. The van der Waals surface area contributed by atoms with E-state index in [0.29, 0.717) is 28.5 Å². The summed E-state index contributed by atoms with van der Waals surface area (Å²) in [5.41, 5.74) is 3.31. The second-order valence-electron chi connectivity index (χ2n) is 8.08. The standard InChI is InChI=1S/C27H23N3O5S/c1-16-26(29-27(36-16)20-6-4-5-11-28-20)17-7-10-23-21(12-17)30(25(32)15-35-23)14-22(31)19-9-8-18(33-2)13-24(19)34-3/h4-13H,14-15H2,1-3H3. The van der Waals surface area contributed by atoms with Gasteiger partial charge in [0.25, 0.3) is 5.91 Å². The van der Waals surface area contributed by atoms with E-state index in [4.69, 9.17) is 19.2 Å². The highest BCUT2D eigenvalue weighted by Gasteiger charge is 2.29. The first-order chi connectivity index (χ1) is 17.5. The molecule has 0 fully saturated rings. The third-order valence-electron chi connectivity index (χ3n) is 5.87. The third kappa shape index (κ3) is 4.40. The van der Waals surface area contributed by atoms with Gasteiger partial charge in [-0.15, -0.1) is 11.3 Å². The zero-order valence-electron chi connectivity index (χ0n) is 20.0. The van der Waals surface area contributed by atoms with Crippen molar-refractivity contribution in [3.63, 3.8) is 0 Å². The van der Waals surface area contributed by atoms with Gasteiger partial charge in [-0.1, -0.05) is 6.07 Å². The first-order valence-electron chi connectivity index (χ1n) is 11.2. The summed E-state index contributed by atoms with van der Waals surface area (Å²) in [6.45, 7) is 1.70. The molecule has 9 heteroatoms. The minimum Gasteiger partial charge on any atom is -0.497 e. The lowest BCUT2D eigenvalue weighted by Crippen LogP contribution is -2.42. The Morgan fingerprint density at radius 1 is 1.11 bits per heavy atom. The van der Waals surface area contributed by atoms with Gasteiger partial charge in [0, 0.05) is 22.7 Å². The fraction of sp³-hybridized carbons (Fsp3) is 0.185. The fourth-order valence-corrected chi connectivity index (χ4v) is 4.96. The Labute approximate surface area is 212 Å². The average molecular weight is 502 g/mol. The van der Waals surface area contributed by atoms with Crippen LogP contribution in [0.15, 0.2) is 60.8 Å². The van der Waals surface area contributed by atoms with Crippen LogP contribution < -0.4 is 19.1 Å². The highest BCUT2D eigenvalue weighted by atomic mass is 32.1. The quantitative estimate of drug-likeness (QED) is 0.336. The van der Waals surface area contributed by atoms with Crippen molar-refractivity contribution in [3.05, 3.63) is 71.2 Å². The number of Topliss-reactive ketones (excluding diaryl/α,β-unsaturated/α-hetero) is 1. The highest BCUT2D eigenvalue weighted by Crippen LogP contribution is 2.39. The first-order valence-corrected chi connectivity index (χ1v) is 12.0. The molecule has 36 heavy (non-hydrogen) atoms. The number of benzene rings is 2. The van der Waals surface area contributed by atoms with E-state index in [-0.39, 0.29) is 24.8 Å². The summed E-state index contributed by atoms with van der Waals surface area (Å²) in [7, 11) is 3.03. The molecular weight excluding hydrogens is 478 g/mol. The Morgan fingerprint density at radius 2 is 1.97 bits per heavy atom. The number of nitrogens with zero attached hydrogens (tertiary/aromatic N) is 3. The zero-order valence-corrected chi connectivity index (χ0v) is 20.8. The smallest absolute Gasteiger partial charge is 0.265 e. The van der Waals surface area contributed by atoms with Gasteiger partial charge in [-0.2, -0.15) is 0 Å². The number of ether oxygens (including phenoxy) is 3. The van der Waals surface area contributed by atoms with Crippen LogP contribution in [0.5, 0.6) is 17.2 Å². The highest BCUT2D eigenvalue weighted by molar-refractivity contribution is 7.15. The molecule has 0 radical (unpaired) electrons. The Kier molecular flexibility index (Phi) is 6.39. The van der Waals surface area contributed by atoms with Crippen molar-refractivity contribution in [2.24, 2.45) is 0 Å². The number of aromatic nitrogens is 2. The Hall–Kier alpha value is -4.24. The van der Waals surface area contributed by atoms with Crippen LogP contribution in [0.1, 0.15) is 15.2 Å². The molecule has 2 aromatic heterocycles. The molecule has 0 aliphatic carbocycles. The van der Waals surface area contributed by atoms with E-state index in [9.17, 15) is 9.59 Å². The van der Waals surface area contributed by atoms with Crippen molar-refractivity contribution in [1.29, 1.82) is 0 Å². The van der Waals surface area contributed by atoms with Crippen LogP contribution in [-0.4, -0.2) is 49.0 Å². The summed E-state index contributed by atoms with van der Waals surface area (Å²) in [6, 6.07) is 16.2. The molecule has 2 aromatic carbocycles. The summed E-state index contributed by atoms with van der Waals surface area (Å²) in [5.74, 6) is 0.928. The molecule has 0 saturated heterocycles. The number of anilines is 1. The fourth-order valence-electron chi connectivity index (χ4n) is 4.04. The zero-order chi connectivity index (χ0) is 25.2. The Bertz CT molecular complexity index is 1450. The summed E-state index contributed by atoms with van der Waals surface area (Å²) in [5, 5.41) is 0.812. The number of fused-ring (bicyclic) bond motifs is 1. The number of methoxy groups -OCH3 is 2. The van der Waals surface area contributed by atoms with Crippen LogP contribution in [0, 0.1) is 6.92 Å². The van der Waals surface area contributed by atoms with Crippen LogP contribution in [0.3, 0.4) is 0 Å². The molecule has 5 rings (SSSR count). The lowest BCUT2D eigenvalue weighted by Gasteiger charge is -2.29. The van der Waals surface area contributed by atoms with Gasteiger partial charge in [0.15, 0.2) is 12.4 Å². The SMILES string of the molecule is COc1ccc(C(=O)CN2C(=O)COc3ccc(-c4nc(-c5ccccn5)sc4C)cc32)c(OC)c1. The van der Waals surface area contributed by atoms with Gasteiger partial charge >= 0.3 is 0 Å². The maximum Gasteiger partial charge on any atom is 0.265 e. The lowest BCUT2D eigenvalue weighted by atomic mass is 10.1. The van der Waals surface area contributed by atoms with Gasteiger partial charge in [-0.25, -0.2) is 4.98 Å². The number of amides is 1. The first kappa shape index (κ1) is 23.5. The third-order valence-corrected chi connectivity index (χ3v) is 6.86. The number of pyridine rings is 1. The van der Waals surface area contributed by atoms with Crippen molar-refractivity contribution < 1.29 is 23.8 Å². The van der Waals surface area contributed by atoms with Crippen molar-refractivity contribution in [2.45, 2.75) is 6.92 Å². The molecule has 0 bridgehead atoms. The molecule has 8 nitrogen and oxygen atoms in total. The topological polar surface area (TPSA) is 90.9 Å². The molecule has 1 aliphatic rings. The van der Waals surface area contributed by atoms with Crippen molar-refractivity contribution >= 4 is 28.7 Å². The number of ketones is 1. The Balaban J connectivity index is 1.48. The van der Waals surface area contributed by atoms with Gasteiger partial charge in [-0.3, -0.25) is 19.5 Å². The van der Waals surface area contributed by atoms with E-state index in [0.717, 1.165) is 26.8 Å². The number of hydrogen-bond acceptors (Lipinski definition) is 8. The molecule has 0 saturated carbocycles. The summed E-state index contributed by atoms with van der Waals surface area (Å²) in [4.78, 5) is 37.8. The number of aryl methyl sites for hydroxylation is 1. The predicted octanol–water partition coefficient (Wildman–Crippen LogP) is 4.81. The maximum atomic E-state index is 13.2. The maximum absolute atomic E-state index is 13.2.